The Morgan fingerprint density at radius 2 is 1.88 bits per heavy atom. The Bertz CT molecular complexity index is 382. The van der Waals surface area contributed by atoms with E-state index in [-0.39, 0.29) is 5.41 Å². The average molecular weight is 274 g/mol. The summed E-state index contributed by atoms with van der Waals surface area (Å²) >= 11 is 12.1. The summed E-state index contributed by atoms with van der Waals surface area (Å²) in [6, 6.07) is 6.42. The predicted molar refractivity (Wildman–Crippen MR) is 78.3 cm³/mol. The van der Waals surface area contributed by atoms with Crippen molar-refractivity contribution in [3.05, 3.63) is 28.8 Å². The average Bonchev–Trinajstić information content (AvgIpc) is 2.25. The van der Waals surface area contributed by atoms with Gasteiger partial charge in [0.05, 0.1) is 10.7 Å². The van der Waals surface area contributed by atoms with Crippen LogP contribution in [0.25, 0.3) is 0 Å². The first-order valence-electron chi connectivity index (χ1n) is 5.84. The van der Waals surface area contributed by atoms with Crippen molar-refractivity contribution < 1.29 is 0 Å². The van der Waals surface area contributed by atoms with E-state index in [1.807, 2.05) is 18.2 Å². The highest BCUT2D eigenvalue weighted by Crippen LogP contribution is 2.32. The van der Waals surface area contributed by atoms with E-state index in [0.29, 0.717) is 11.9 Å². The molecule has 1 nitrogen and oxygen atoms in total. The van der Waals surface area contributed by atoms with Crippen LogP contribution in [0, 0.1) is 5.41 Å². The van der Waals surface area contributed by atoms with E-state index in [1.54, 1.807) is 0 Å². The van der Waals surface area contributed by atoms with Crippen LogP contribution in [0.2, 0.25) is 5.02 Å². The fourth-order valence-electron chi connectivity index (χ4n) is 1.71. The van der Waals surface area contributed by atoms with Crippen LogP contribution in [0.4, 0.5) is 5.69 Å². The first-order valence-corrected chi connectivity index (χ1v) is 6.76. The van der Waals surface area contributed by atoms with Crippen molar-refractivity contribution in [3.63, 3.8) is 0 Å². The van der Waals surface area contributed by atoms with Gasteiger partial charge >= 0.3 is 0 Å². The zero-order chi connectivity index (χ0) is 13.2. The lowest BCUT2D eigenvalue weighted by atomic mass is 9.87. The van der Waals surface area contributed by atoms with Gasteiger partial charge in [-0.2, -0.15) is 0 Å². The predicted octanol–water partition coefficient (Wildman–Crippen LogP) is 4.95. The van der Waals surface area contributed by atoms with Crippen molar-refractivity contribution >= 4 is 28.9 Å². The number of benzene rings is 1. The number of hydrogen-bond donors (Lipinski definition) is 0. The molecule has 1 aromatic carbocycles. The first kappa shape index (κ1) is 14.7. The number of nitrogens with zero attached hydrogens (tertiary/aromatic N) is 1. The van der Waals surface area contributed by atoms with E-state index in [9.17, 15) is 0 Å². The van der Waals surface area contributed by atoms with E-state index in [1.165, 1.54) is 0 Å². The molecule has 1 aromatic rings. The molecule has 0 saturated heterocycles. The molecule has 0 spiro atoms. The summed E-state index contributed by atoms with van der Waals surface area (Å²) in [5.74, 6) is 0.499. The molecule has 0 aliphatic rings. The summed E-state index contributed by atoms with van der Waals surface area (Å²) < 4.78 is 0. The maximum atomic E-state index is 6.30. The summed E-state index contributed by atoms with van der Waals surface area (Å²) in [5, 5.41) is 0.766. The Morgan fingerprint density at radius 3 is 2.29 bits per heavy atom. The van der Waals surface area contributed by atoms with Gasteiger partial charge in [-0.15, -0.1) is 11.6 Å². The van der Waals surface area contributed by atoms with Crippen molar-refractivity contribution in [3.8, 4) is 0 Å². The minimum absolute atomic E-state index is 0.212. The maximum Gasteiger partial charge on any atom is 0.0642 e. The van der Waals surface area contributed by atoms with E-state index in [4.69, 9.17) is 23.2 Å². The lowest BCUT2D eigenvalue weighted by Gasteiger charge is -2.37. The smallest absolute Gasteiger partial charge is 0.0642 e. The van der Waals surface area contributed by atoms with Gasteiger partial charge in [0, 0.05) is 19.0 Å². The third kappa shape index (κ3) is 3.53. The summed E-state index contributed by atoms with van der Waals surface area (Å²) in [4.78, 5) is 2.22. The van der Waals surface area contributed by atoms with Crippen LogP contribution in [-0.2, 0) is 5.88 Å². The Labute approximate surface area is 115 Å². The van der Waals surface area contributed by atoms with Crippen molar-refractivity contribution in [2.75, 3.05) is 11.9 Å². The summed E-state index contributed by atoms with van der Waals surface area (Å²) in [6.07, 6.45) is 0. The topological polar surface area (TPSA) is 3.24 Å². The third-order valence-corrected chi connectivity index (χ3v) is 3.99. The van der Waals surface area contributed by atoms with Gasteiger partial charge in [-0.3, -0.25) is 0 Å². The monoisotopic (exact) mass is 273 g/mol. The molecule has 1 unspecified atom stereocenters. The van der Waals surface area contributed by atoms with Crippen LogP contribution < -0.4 is 4.90 Å². The van der Waals surface area contributed by atoms with E-state index in [2.05, 4.69) is 39.6 Å². The van der Waals surface area contributed by atoms with Crippen molar-refractivity contribution in [2.45, 2.75) is 39.6 Å². The molecule has 0 aromatic heterocycles. The third-order valence-electron chi connectivity index (χ3n) is 3.38. The lowest BCUT2D eigenvalue weighted by molar-refractivity contribution is 0.330. The van der Waals surface area contributed by atoms with E-state index < -0.39 is 0 Å². The second-order valence-electron chi connectivity index (χ2n) is 5.57. The molecule has 17 heavy (non-hydrogen) atoms. The molecule has 0 bridgehead atoms. The quantitative estimate of drug-likeness (QED) is 0.705. The molecule has 0 radical (unpaired) electrons. The number of rotatable bonds is 3. The van der Waals surface area contributed by atoms with Crippen molar-refractivity contribution in [2.24, 2.45) is 5.41 Å². The Balaban J connectivity index is 3.01. The van der Waals surface area contributed by atoms with E-state index >= 15 is 0 Å². The molecule has 0 aliphatic heterocycles. The highest BCUT2D eigenvalue weighted by atomic mass is 35.5. The van der Waals surface area contributed by atoms with Gasteiger partial charge < -0.3 is 4.90 Å². The molecule has 0 saturated carbocycles. The minimum atomic E-state index is 0.212. The van der Waals surface area contributed by atoms with E-state index in [0.717, 1.165) is 16.3 Å². The number of hydrogen-bond acceptors (Lipinski definition) is 1. The molecule has 0 heterocycles. The fourth-order valence-corrected chi connectivity index (χ4v) is 2.21. The van der Waals surface area contributed by atoms with Gasteiger partial charge in [0.15, 0.2) is 0 Å². The second-order valence-corrected chi connectivity index (χ2v) is 6.25. The van der Waals surface area contributed by atoms with Crippen LogP contribution in [0.1, 0.15) is 33.3 Å². The molecule has 0 N–H and O–H groups in total. The molecule has 3 heteroatoms. The highest BCUT2D eigenvalue weighted by Gasteiger charge is 2.25. The molecular weight excluding hydrogens is 253 g/mol. The highest BCUT2D eigenvalue weighted by molar-refractivity contribution is 6.33. The van der Waals surface area contributed by atoms with Crippen molar-refractivity contribution in [1.82, 2.24) is 0 Å². The van der Waals surface area contributed by atoms with Crippen LogP contribution in [0.3, 0.4) is 0 Å². The molecule has 0 amide bonds. The normalized spacial score (nSPS) is 13.6. The van der Waals surface area contributed by atoms with Crippen LogP contribution in [0.15, 0.2) is 18.2 Å². The van der Waals surface area contributed by atoms with Gasteiger partial charge in [-0.25, -0.2) is 0 Å². The Kier molecular flexibility index (Phi) is 4.74. The van der Waals surface area contributed by atoms with Gasteiger partial charge in [0.1, 0.15) is 0 Å². The number of halogens is 2. The first-order chi connectivity index (χ1) is 7.77. The van der Waals surface area contributed by atoms with Crippen molar-refractivity contribution in [1.29, 1.82) is 0 Å². The SMILES string of the molecule is CC(N(C)c1ccc(CCl)cc1Cl)C(C)(C)C. The minimum Gasteiger partial charge on any atom is -0.370 e. The van der Waals surface area contributed by atoms with Gasteiger partial charge in [0.25, 0.3) is 0 Å². The molecular formula is C14H21Cl2N. The summed E-state index contributed by atoms with van der Waals surface area (Å²) in [7, 11) is 2.08. The number of alkyl halides is 1. The Morgan fingerprint density at radius 1 is 1.29 bits per heavy atom. The Hall–Kier alpha value is -0.400. The van der Waals surface area contributed by atoms with Crippen LogP contribution >= 0.6 is 23.2 Å². The summed E-state index contributed by atoms with van der Waals surface area (Å²) in [6.45, 7) is 8.91. The molecule has 0 aliphatic carbocycles. The largest absolute Gasteiger partial charge is 0.370 e. The number of anilines is 1. The van der Waals surface area contributed by atoms with Gasteiger partial charge in [-0.05, 0) is 30.0 Å². The zero-order valence-electron chi connectivity index (χ0n) is 11.2. The van der Waals surface area contributed by atoms with Crippen LogP contribution in [-0.4, -0.2) is 13.1 Å². The lowest BCUT2D eigenvalue weighted by Crippen LogP contribution is -2.39. The molecule has 0 fully saturated rings. The zero-order valence-corrected chi connectivity index (χ0v) is 12.7. The molecule has 1 rings (SSSR count). The van der Waals surface area contributed by atoms with Crippen LogP contribution in [0.5, 0.6) is 0 Å². The maximum absolute atomic E-state index is 6.30. The van der Waals surface area contributed by atoms with Gasteiger partial charge in [0.2, 0.25) is 0 Å². The second kappa shape index (κ2) is 5.49. The molecule has 96 valence electrons. The molecule has 1 atom stereocenters. The fraction of sp³-hybridized carbons (Fsp3) is 0.571. The summed E-state index contributed by atoms with van der Waals surface area (Å²) in [5.41, 5.74) is 2.32. The van der Waals surface area contributed by atoms with Gasteiger partial charge in [-0.1, -0.05) is 38.4 Å². The standard InChI is InChI=1S/C14H21Cl2N/c1-10(14(2,3)4)17(5)13-7-6-11(9-15)8-12(13)16/h6-8,10H,9H2,1-5H3.